The van der Waals surface area contributed by atoms with Gasteiger partial charge in [-0.05, 0) is 12.0 Å². The van der Waals surface area contributed by atoms with E-state index in [1.54, 1.807) is 4.90 Å². The maximum Gasteiger partial charge on any atom is 0.222 e. The molecule has 0 saturated heterocycles. The summed E-state index contributed by atoms with van der Waals surface area (Å²) in [5.74, 6) is 0.100. The van der Waals surface area contributed by atoms with Crippen molar-refractivity contribution in [2.75, 3.05) is 13.2 Å². The number of rotatable bonds is 8. The first-order valence-corrected chi connectivity index (χ1v) is 6.67. The molecule has 0 spiro atoms. The van der Waals surface area contributed by atoms with Gasteiger partial charge in [0.15, 0.2) is 0 Å². The fourth-order valence-corrected chi connectivity index (χ4v) is 1.89. The topological polar surface area (TPSA) is 40.2 Å². The van der Waals surface area contributed by atoms with Crippen LogP contribution in [0.3, 0.4) is 0 Å². The van der Waals surface area contributed by atoms with Crippen LogP contribution in [0.2, 0.25) is 0 Å². The quantitative estimate of drug-likeness (QED) is 0.652. The summed E-state index contributed by atoms with van der Waals surface area (Å²) >= 11 is 0. The summed E-state index contributed by atoms with van der Waals surface area (Å²) in [5, 5.41) is 10.8. The van der Waals surface area contributed by atoms with Crippen LogP contribution < -0.4 is 0 Å². The van der Waals surface area contributed by atoms with E-state index in [-0.39, 0.29) is 12.5 Å². The molecule has 18 heavy (non-hydrogen) atoms. The van der Waals surface area contributed by atoms with E-state index < -0.39 is 0 Å². The zero-order valence-electron chi connectivity index (χ0n) is 11.1. The van der Waals surface area contributed by atoms with Gasteiger partial charge in [0.05, 0.1) is 6.61 Å². The van der Waals surface area contributed by atoms with Crippen molar-refractivity contribution in [2.45, 2.75) is 39.2 Å². The van der Waals surface area contributed by atoms with Crippen molar-refractivity contribution in [3.8, 4) is 0 Å². The second-order valence-corrected chi connectivity index (χ2v) is 4.46. The van der Waals surface area contributed by atoms with Crippen molar-refractivity contribution in [2.24, 2.45) is 0 Å². The van der Waals surface area contributed by atoms with E-state index in [0.29, 0.717) is 19.5 Å². The first-order chi connectivity index (χ1) is 8.77. The summed E-state index contributed by atoms with van der Waals surface area (Å²) in [6, 6.07) is 9.82. The van der Waals surface area contributed by atoms with Crippen LogP contribution in [-0.2, 0) is 16.4 Å². The summed E-state index contributed by atoms with van der Waals surface area (Å²) < 4.78 is 0. The minimum absolute atomic E-state index is 0.100. The monoisotopic (exact) mass is 248 g/mol. The molecule has 0 aliphatic rings. The zero-order chi connectivity index (χ0) is 13.2. The van der Waals surface area contributed by atoms with E-state index in [0.717, 1.165) is 24.8 Å². The molecule has 3 heteroatoms. The molecule has 1 radical (unpaired) electrons. The maximum absolute atomic E-state index is 12.0. The van der Waals surface area contributed by atoms with Crippen LogP contribution in [-0.4, -0.2) is 24.0 Å². The Kier molecular flexibility index (Phi) is 7.11. The molecule has 0 aliphatic carbocycles. The van der Waals surface area contributed by atoms with Crippen LogP contribution in [0.4, 0.5) is 0 Å². The molecule has 1 aromatic carbocycles. The van der Waals surface area contributed by atoms with E-state index in [2.05, 4.69) is 6.92 Å². The SMILES string of the molecule is CCCCCC(=O)N(CC[O])Cc1ccccc1. The summed E-state index contributed by atoms with van der Waals surface area (Å²) in [6.45, 7) is 2.74. The summed E-state index contributed by atoms with van der Waals surface area (Å²) in [4.78, 5) is 13.7. The van der Waals surface area contributed by atoms with Gasteiger partial charge in [0.2, 0.25) is 5.91 Å². The average molecular weight is 248 g/mol. The minimum atomic E-state index is -0.230. The molecule has 0 aromatic heterocycles. The van der Waals surface area contributed by atoms with Gasteiger partial charge in [-0.3, -0.25) is 4.79 Å². The van der Waals surface area contributed by atoms with Crippen molar-refractivity contribution < 1.29 is 9.90 Å². The van der Waals surface area contributed by atoms with Crippen molar-refractivity contribution in [3.63, 3.8) is 0 Å². The van der Waals surface area contributed by atoms with E-state index >= 15 is 0 Å². The third-order valence-electron chi connectivity index (χ3n) is 2.92. The number of unbranched alkanes of at least 4 members (excludes halogenated alkanes) is 2. The number of amides is 1. The molecule has 99 valence electrons. The molecule has 0 heterocycles. The van der Waals surface area contributed by atoms with Gasteiger partial charge in [0, 0.05) is 19.5 Å². The molecule has 1 amide bonds. The number of carbonyl (C=O) groups is 1. The van der Waals surface area contributed by atoms with Crippen LogP contribution in [0.15, 0.2) is 30.3 Å². The summed E-state index contributed by atoms with van der Waals surface area (Å²) in [6.07, 6.45) is 3.65. The fourth-order valence-electron chi connectivity index (χ4n) is 1.89. The Morgan fingerprint density at radius 3 is 2.50 bits per heavy atom. The molecular formula is C15H22NO2. The van der Waals surface area contributed by atoms with Gasteiger partial charge in [0.25, 0.3) is 0 Å². The second kappa shape index (κ2) is 8.70. The molecule has 0 fully saturated rings. The molecule has 3 nitrogen and oxygen atoms in total. The third kappa shape index (κ3) is 5.32. The lowest BCUT2D eigenvalue weighted by Gasteiger charge is -2.21. The van der Waals surface area contributed by atoms with Crippen molar-refractivity contribution in [1.82, 2.24) is 4.90 Å². The van der Waals surface area contributed by atoms with Crippen LogP contribution in [0.5, 0.6) is 0 Å². The van der Waals surface area contributed by atoms with E-state index in [1.165, 1.54) is 0 Å². The van der Waals surface area contributed by atoms with Crippen LogP contribution in [0.1, 0.15) is 38.2 Å². The molecular weight excluding hydrogens is 226 g/mol. The molecule has 0 atom stereocenters. The number of benzene rings is 1. The van der Waals surface area contributed by atoms with Gasteiger partial charge in [-0.15, -0.1) is 0 Å². The van der Waals surface area contributed by atoms with Gasteiger partial charge in [0.1, 0.15) is 0 Å². The number of nitrogens with zero attached hydrogens (tertiary/aromatic N) is 1. The third-order valence-corrected chi connectivity index (χ3v) is 2.92. The van der Waals surface area contributed by atoms with Gasteiger partial charge in [-0.2, -0.15) is 0 Å². The highest BCUT2D eigenvalue weighted by atomic mass is 16.3. The van der Waals surface area contributed by atoms with Crippen LogP contribution in [0, 0.1) is 0 Å². The van der Waals surface area contributed by atoms with Gasteiger partial charge >= 0.3 is 0 Å². The summed E-state index contributed by atoms with van der Waals surface area (Å²) in [5.41, 5.74) is 1.08. The normalized spacial score (nSPS) is 10.3. The Morgan fingerprint density at radius 1 is 1.17 bits per heavy atom. The van der Waals surface area contributed by atoms with Crippen molar-refractivity contribution >= 4 is 5.91 Å². The van der Waals surface area contributed by atoms with E-state index in [9.17, 15) is 9.90 Å². The highest BCUT2D eigenvalue weighted by Gasteiger charge is 2.12. The number of hydrogen-bond donors (Lipinski definition) is 0. The lowest BCUT2D eigenvalue weighted by Crippen LogP contribution is -2.32. The van der Waals surface area contributed by atoms with Gasteiger partial charge in [-0.1, -0.05) is 50.1 Å². The lowest BCUT2D eigenvalue weighted by atomic mass is 10.1. The van der Waals surface area contributed by atoms with Gasteiger partial charge < -0.3 is 4.90 Å². The smallest absolute Gasteiger partial charge is 0.222 e. The number of hydrogen-bond acceptors (Lipinski definition) is 1. The minimum Gasteiger partial charge on any atom is -0.336 e. The van der Waals surface area contributed by atoms with Crippen LogP contribution >= 0.6 is 0 Å². The molecule has 0 aliphatic heterocycles. The Hall–Kier alpha value is -1.35. The largest absolute Gasteiger partial charge is 0.336 e. The molecule has 1 rings (SSSR count). The Balaban J connectivity index is 2.50. The zero-order valence-corrected chi connectivity index (χ0v) is 11.1. The molecule has 0 saturated carbocycles. The first kappa shape index (κ1) is 14.7. The van der Waals surface area contributed by atoms with Crippen molar-refractivity contribution in [3.05, 3.63) is 35.9 Å². The first-order valence-electron chi connectivity index (χ1n) is 6.67. The van der Waals surface area contributed by atoms with Gasteiger partial charge in [-0.25, -0.2) is 5.11 Å². The molecule has 0 bridgehead atoms. The molecule has 1 aromatic rings. The summed E-state index contributed by atoms with van der Waals surface area (Å²) in [7, 11) is 0. The Bertz CT molecular complexity index is 338. The van der Waals surface area contributed by atoms with Crippen LogP contribution in [0.25, 0.3) is 0 Å². The predicted molar refractivity (Wildman–Crippen MR) is 71.6 cm³/mol. The molecule has 0 N–H and O–H groups in total. The molecule has 0 unspecified atom stereocenters. The predicted octanol–water partition coefficient (Wildman–Crippen LogP) is 3.03. The highest BCUT2D eigenvalue weighted by molar-refractivity contribution is 5.76. The van der Waals surface area contributed by atoms with E-state index in [1.807, 2.05) is 30.3 Å². The Morgan fingerprint density at radius 2 is 1.89 bits per heavy atom. The second-order valence-electron chi connectivity index (χ2n) is 4.46. The lowest BCUT2D eigenvalue weighted by molar-refractivity contribution is -0.132. The average Bonchev–Trinajstić information content (AvgIpc) is 2.39. The highest BCUT2D eigenvalue weighted by Crippen LogP contribution is 2.08. The van der Waals surface area contributed by atoms with Crippen molar-refractivity contribution in [1.29, 1.82) is 0 Å². The Labute approximate surface area is 109 Å². The number of carbonyl (C=O) groups excluding carboxylic acids is 1. The van der Waals surface area contributed by atoms with E-state index in [4.69, 9.17) is 0 Å². The fraction of sp³-hybridized carbons (Fsp3) is 0.533. The maximum atomic E-state index is 12.0. The standard InChI is InChI=1S/C15H22NO2/c1-2-3-5-10-15(18)16(11-12-17)13-14-8-6-4-7-9-14/h4,6-9H,2-3,5,10-13H2,1H3.